The number of carboxylic acid groups (broad SMARTS) is 1. The molecule has 2 atom stereocenters. The molecule has 1 aromatic rings. The monoisotopic (exact) mass is 291 g/mol. The van der Waals surface area contributed by atoms with E-state index < -0.39 is 17.0 Å². The van der Waals surface area contributed by atoms with Gasteiger partial charge in [-0.2, -0.15) is 5.26 Å². The minimum absolute atomic E-state index is 0.00592. The van der Waals surface area contributed by atoms with Gasteiger partial charge in [-0.25, -0.2) is 4.79 Å². The van der Waals surface area contributed by atoms with Crippen LogP contribution in [0.25, 0.3) is 0 Å². The van der Waals surface area contributed by atoms with Crippen LogP contribution in [0.2, 0.25) is 0 Å². The van der Waals surface area contributed by atoms with Gasteiger partial charge in [-0.15, -0.1) is 0 Å². The van der Waals surface area contributed by atoms with Crippen LogP contribution in [0.4, 0.5) is 11.4 Å². The summed E-state index contributed by atoms with van der Waals surface area (Å²) in [4.78, 5) is 21.0. The van der Waals surface area contributed by atoms with Gasteiger partial charge in [0.25, 0.3) is 5.69 Å². The van der Waals surface area contributed by atoms with Crippen LogP contribution in [-0.2, 0) is 9.53 Å². The molecule has 1 heterocycles. The Labute approximate surface area is 120 Å². The first-order valence-electron chi connectivity index (χ1n) is 6.32. The lowest BCUT2D eigenvalue weighted by atomic mass is 10.1. The van der Waals surface area contributed by atoms with Crippen LogP contribution in [-0.4, -0.2) is 34.8 Å². The predicted octanol–water partition coefficient (Wildman–Crippen LogP) is 1.51. The smallest absolute Gasteiger partial charge is 0.332 e. The molecule has 0 amide bonds. The van der Waals surface area contributed by atoms with Crippen LogP contribution in [0.1, 0.15) is 18.4 Å². The second-order valence-corrected chi connectivity index (χ2v) is 4.64. The van der Waals surface area contributed by atoms with Crippen molar-refractivity contribution in [3.05, 3.63) is 33.9 Å². The van der Waals surface area contributed by atoms with Gasteiger partial charge in [0.05, 0.1) is 11.0 Å². The number of anilines is 1. The van der Waals surface area contributed by atoms with Crippen molar-refractivity contribution in [2.75, 3.05) is 11.9 Å². The molecule has 8 heteroatoms. The van der Waals surface area contributed by atoms with E-state index in [4.69, 9.17) is 15.1 Å². The molecule has 8 nitrogen and oxygen atoms in total. The Morgan fingerprint density at radius 1 is 1.57 bits per heavy atom. The Morgan fingerprint density at radius 3 is 2.90 bits per heavy atom. The van der Waals surface area contributed by atoms with Crippen LogP contribution in [0.3, 0.4) is 0 Å². The van der Waals surface area contributed by atoms with Gasteiger partial charge in [0.1, 0.15) is 11.6 Å². The summed E-state index contributed by atoms with van der Waals surface area (Å²) in [7, 11) is 0. The number of carboxylic acids is 1. The normalized spacial score (nSPS) is 20.7. The molecule has 1 saturated heterocycles. The molecule has 1 aliphatic rings. The zero-order chi connectivity index (χ0) is 15.4. The van der Waals surface area contributed by atoms with Gasteiger partial charge in [0.15, 0.2) is 6.10 Å². The van der Waals surface area contributed by atoms with Crippen molar-refractivity contribution in [2.45, 2.75) is 25.0 Å². The summed E-state index contributed by atoms with van der Waals surface area (Å²) in [6, 6.07) is 5.98. The molecule has 1 aliphatic heterocycles. The number of ether oxygens (including phenoxy) is 1. The topological polar surface area (TPSA) is 125 Å². The second-order valence-electron chi connectivity index (χ2n) is 4.64. The van der Waals surface area contributed by atoms with E-state index in [9.17, 15) is 14.9 Å². The van der Waals surface area contributed by atoms with Gasteiger partial charge in [0.2, 0.25) is 0 Å². The minimum Gasteiger partial charge on any atom is -0.479 e. The molecule has 0 aromatic heterocycles. The second kappa shape index (κ2) is 6.19. The van der Waals surface area contributed by atoms with Gasteiger partial charge in [-0.05, 0) is 25.0 Å². The number of carbonyl (C=O) groups is 1. The number of nitriles is 1. The third-order valence-corrected chi connectivity index (χ3v) is 3.23. The third kappa shape index (κ3) is 3.46. The molecule has 0 radical (unpaired) electrons. The zero-order valence-electron chi connectivity index (χ0n) is 11.0. The highest BCUT2D eigenvalue weighted by Gasteiger charge is 2.30. The number of nitro benzene ring substituents is 1. The number of nitrogens with zero attached hydrogens (tertiary/aromatic N) is 2. The van der Waals surface area contributed by atoms with Gasteiger partial charge in [0, 0.05) is 18.3 Å². The summed E-state index contributed by atoms with van der Waals surface area (Å²) in [6.45, 7) is 0.354. The maximum Gasteiger partial charge on any atom is 0.332 e. The van der Waals surface area contributed by atoms with Gasteiger partial charge in [-0.1, -0.05) is 0 Å². The van der Waals surface area contributed by atoms with Crippen LogP contribution in [0.15, 0.2) is 18.2 Å². The fourth-order valence-electron chi connectivity index (χ4n) is 2.16. The summed E-state index contributed by atoms with van der Waals surface area (Å²) in [5, 5.41) is 31.4. The molecule has 21 heavy (non-hydrogen) atoms. The van der Waals surface area contributed by atoms with E-state index in [2.05, 4.69) is 5.32 Å². The SMILES string of the molecule is N#Cc1ccc(NCC2CCC(C(=O)O)O2)cc1[N+](=O)[O-]. The Bertz CT molecular complexity index is 610. The summed E-state index contributed by atoms with van der Waals surface area (Å²) in [5.41, 5.74) is 0.218. The summed E-state index contributed by atoms with van der Waals surface area (Å²) in [5.74, 6) is -0.980. The first-order chi connectivity index (χ1) is 10.0. The number of hydrogen-bond acceptors (Lipinski definition) is 6. The average molecular weight is 291 g/mol. The Balaban J connectivity index is 1.98. The van der Waals surface area contributed by atoms with E-state index in [1.807, 2.05) is 0 Å². The Morgan fingerprint density at radius 2 is 2.33 bits per heavy atom. The number of rotatable bonds is 5. The average Bonchev–Trinajstić information content (AvgIpc) is 2.94. The predicted molar refractivity (Wildman–Crippen MR) is 71.8 cm³/mol. The lowest BCUT2D eigenvalue weighted by molar-refractivity contribution is -0.385. The number of nitro groups is 1. The largest absolute Gasteiger partial charge is 0.479 e. The lowest BCUT2D eigenvalue weighted by Crippen LogP contribution is -2.24. The van der Waals surface area contributed by atoms with E-state index in [0.29, 0.717) is 25.1 Å². The molecule has 2 unspecified atom stereocenters. The zero-order valence-corrected chi connectivity index (χ0v) is 11.0. The quantitative estimate of drug-likeness (QED) is 0.622. The van der Waals surface area contributed by atoms with Gasteiger partial charge in [-0.3, -0.25) is 10.1 Å². The maximum absolute atomic E-state index is 10.8. The first-order valence-corrected chi connectivity index (χ1v) is 6.32. The fourth-order valence-corrected chi connectivity index (χ4v) is 2.16. The highest BCUT2D eigenvalue weighted by Crippen LogP contribution is 2.24. The number of aliphatic carboxylic acids is 1. The van der Waals surface area contributed by atoms with Crippen molar-refractivity contribution in [3.8, 4) is 6.07 Å². The van der Waals surface area contributed by atoms with Crippen LogP contribution in [0, 0.1) is 21.4 Å². The molecule has 0 saturated carbocycles. The van der Waals surface area contributed by atoms with E-state index in [-0.39, 0.29) is 17.4 Å². The molecule has 110 valence electrons. The summed E-state index contributed by atoms with van der Waals surface area (Å²) in [6.07, 6.45) is 0.0326. The molecular formula is C13H13N3O5. The van der Waals surface area contributed by atoms with Crippen molar-refractivity contribution < 1.29 is 19.6 Å². The summed E-state index contributed by atoms with van der Waals surface area (Å²) < 4.78 is 5.32. The molecule has 2 rings (SSSR count). The highest BCUT2D eigenvalue weighted by molar-refractivity contribution is 5.72. The number of benzene rings is 1. The van der Waals surface area contributed by atoms with Crippen molar-refractivity contribution in [3.63, 3.8) is 0 Å². The van der Waals surface area contributed by atoms with Crippen LogP contribution >= 0.6 is 0 Å². The van der Waals surface area contributed by atoms with Crippen molar-refractivity contribution >= 4 is 17.3 Å². The molecule has 0 spiro atoms. The molecule has 0 bridgehead atoms. The van der Waals surface area contributed by atoms with E-state index in [0.717, 1.165) is 0 Å². The van der Waals surface area contributed by atoms with Crippen LogP contribution < -0.4 is 5.32 Å². The van der Waals surface area contributed by atoms with Gasteiger partial charge >= 0.3 is 5.97 Å². The standard InChI is InChI=1S/C13H13N3O5/c14-6-8-1-2-9(5-11(8)16(19)20)15-7-10-3-4-12(21-10)13(17)18/h1-2,5,10,12,15H,3-4,7H2,(H,17,18). The van der Waals surface area contributed by atoms with E-state index >= 15 is 0 Å². The third-order valence-electron chi connectivity index (χ3n) is 3.23. The van der Waals surface area contributed by atoms with Crippen molar-refractivity contribution in [1.29, 1.82) is 5.26 Å². The molecule has 1 fully saturated rings. The number of nitrogens with one attached hydrogen (secondary N) is 1. The lowest BCUT2D eigenvalue weighted by Gasteiger charge is -2.13. The molecule has 2 N–H and O–H groups in total. The van der Waals surface area contributed by atoms with Crippen molar-refractivity contribution in [2.24, 2.45) is 0 Å². The molecular weight excluding hydrogens is 278 g/mol. The number of hydrogen-bond donors (Lipinski definition) is 2. The van der Waals surface area contributed by atoms with E-state index in [1.54, 1.807) is 12.1 Å². The first kappa shape index (κ1) is 14.7. The Hall–Kier alpha value is -2.66. The van der Waals surface area contributed by atoms with Gasteiger partial charge < -0.3 is 15.2 Å². The van der Waals surface area contributed by atoms with Crippen LogP contribution in [0.5, 0.6) is 0 Å². The Kier molecular flexibility index (Phi) is 4.35. The minimum atomic E-state index is -0.980. The molecule has 1 aromatic carbocycles. The van der Waals surface area contributed by atoms with Crippen molar-refractivity contribution in [1.82, 2.24) is 0 Å². The fraction of sp³-hybridized carbons (Fsp3) is 0.385. The summed E-state index contributed by atoms with van der Waals surface area (Å²) >= 11 is 0. The molecule has 0 aliphatic carbocycles. The highest BCUT2D eigenvalue weighted by atomic mass is 16.6. The van der Waals surface area contributed by atoms with E-state index in [1.165, 1.54) is 12.1 Å². The maximum atomic E-state index is 10.8.